The van der Waals surface area contributed by atoms with Gasteiger partial charge in [-0.2, -0.15) is 0 Å². The van der Waals surface area contributed by atoms with E-state index >= 15 is 0 Å². The van der Waals surface area contributed by atoms with Crippen LogP contribution in [0.4, 0.5) is 16.5 Å². The molecular weight excluding hydrogens is 436 g/mol. The summed E-state index contributed by atoms with van der Waals surface area (Å²) in [5, 5.41) is 14.9. The van der Waals surface area contributed by atoms with Crippen LogP contribution in [0.3, 0.4) is 0 Å². The Kier molecular flexibility index (Phi) is 6.48. The number of carbonyl (C=O) groups is 1. The Morgan fingerprint density at radius 2 is 2.00 bits per heavy atom. The van der Waals surface area contributed by atoms with E-state index in [0.717, 1.165) is 25.9 Å². The quantitative estimate of drug-likeness (QED) is 0.504. The van der Waals surface area contributed by atoms with Gasteiger partial charge in [-0.3, -0.25) is 4.79 Å². The maximum atomic E-state index is 12.0. The third-order valence-electron chi connectivity index (χ3n) is 3.16. The number of aromatic nitrogens is 2. The molecule has 0 aliphatic heterocycles. The van der Waals surface area contributed by atoms with E-state index in [2.05, 4.69) is 36.8 Å². The van der Waals surface area contributed by atoms with Crippen LogP contribution in [0.15, 0.2) is 57.3 Å². The Bertz CT molecular complexity index is 904. The maximum absolute atomic E-state index is 12.0. The minimum atomic E-state index is -0.0920. The van der Waals surface area contributed by atoms with E-state index in [0.29, 0.717) is 5.13 Å². The highest BCUT2D eigenvalue weighted by Crippen LogP contribution is 2.28. The SMILES string of the molecule is COc1cccc(Nc2nnc(SCC(=O)Nc3cccc(Br)c3)s2)c1. The molecule has 0 atom stereocenters. The highest BCUT2D eigenvalue weighted by Gasteiger charge is 2.09. The number of hydrogen-bond donors (Lipinski definition) is 2. The van der Waals surface area contributed by atoms with Crippen LogP contribution in [0, 0.1) is 0 Å². The van der Waals surface area contributed by atoms with Gasteiger partial charge in [0, 0.05) is 21.9 Å². The first kappa shape index (κ1) is 18.7. The standard InChI is InChI=1S/C17H15BrN4O2S2/c1-24-14-7-3-6-13(9-14)20-16-21-22-17(26-16)25-10-15(23)19-12-5-2-4-11(18)8-12/h2-9H,10H2,1H3,(H,19,23)(H,20,21). The zero-order valence-electron chi connectivity index (χ0n) is 13.7. The lowest BCUT2D eigenvalue weighted by Crippen LogP contribution is -2.13. The molecule has 0 radical (unpaired) electrons. The van der Waals surface area contributed by atoms with Crippen molar-refractivity contribution < 1.29 is 9.53 Å². The van der Waals surface area contributed by atoms with Gasteiger partial charge < -0.3 is 15.4 Å². The topological polar surface area (TPSA) is 76.1 Å². The van der Waals surface area contributed by atoms with E-state index in [1.54, 1.807) is 7.11 Å². The molecule has 0 unspecified atom stereocenters. The lowest BCUT2D eigenvalue weighted by atomic mass is 10.3. The Hall–Kier alpha value is -2.10. The molecular formula is C17H15BrN4O2S2. The second-order valence-electron chi connectivity index (χ2n) is 5.08. The first-order chi connectivity index (χ1) is 12.6. The van der Waals surface area contributed by atoms with Crippen molar-refractivity contribution in [3.8, 4) is 5.75 Å². The van der Waals surface area contributed by atoms with Crippen molar-refractivity contribution in [1.29, 1.82) is 0 Å². The first-order valence-corrected chi connectivity index (χ1v) is 10.1. The molecule has 1 aromatic heterocycles. The normalized spacial score (nSPS) is 10.4. The predicted octanol–water partition coefficient (Wildman–Crippen LogP) is 4.78. The van der Waals surface area contributed by atoms with E-state index < -0.39 is 0 Å². The number of thioether (sulfide) groups is 1. The van der Waals surface area contributed by atoms with E-state index in [4.69, 9.17) is 4.74 Å². The van der Waals surface area contributed by atoms with E-state index in [9.17, 15) is 4.79 Å². The van der Waals surface area contributed by atoms with Crippen molar-refractivity contribution in [2.75, 3.05) is 23.5 Å². The fraction of sp³-hybridized carbons (Fsp3) is 0.118. The van der Waals surface area contributed by atoms with Crippen LogP contribution in [-0.4, -0.2) is 29.0 Å². The molecule has 1 amide bonds. The summed E-state index contributed by atoms with van der Waals surface area (Å²) in [5.41, 5.74) is 1.62. The molecule has 3 rings (SSSR count). The Morgan fingerprint density at radius 1 is 1.19 bits per heavy atom. The lowest BCUT2D eigenvalue weighted by molar-refractivity contribution is -0.113. The van der Waals surface area contributed by atoms with Crippen LogP contribution in [0.1, 0.15) is 0 Å². The maximum Gasteiger partial charge on any atom is 0.234 e. The second kappa shape index (κ2) is 9.02. The molecule has 0 aliphatic rings. The van der Waals surface area contributed by atoms with Crippen LogP contribution >= 0.6 is 39.0 Å². The van der Waals surface area contributed by atoms with Gasteiger partial charge in [0.2, 0.25) is 11.0 Å². The molecule has 0 saturated heterocycles. The Balaban J connectivity index is 1.52. The van der Waals surface area contributed by atoms with Gasteiger partial charge in [0.05, 0.1) is 12.9 Å². The third-order valence-corrected chi connectivity index (χ3v) is 5.63. The average Bonchev–Trinajstić information content (AvgIpc) is 3.07. The van der Waals surface area contributed by atoms with Crippen LogP contribution in [0.2, 0.25) is 0 Å². The molecule has 1 heterocycles. The van der Waals surface area contributed by atoms with Gasteiger partial charge in [-0.05, 0) is 30.3 Å². The van der Waals surface area contributed by atoms with Crippen molar-refractivity contribution in [3.05, 3.63) is 53.0 Å². The van der Waals surface area contributed by atoms with E-state index in [1.807, 2.05) is 48.5 Å². The number of halogens is 1. The molecule has 6 nitrogen and oxygen atoms in total. The summed E-state index contributed by atoms with van der Waals surface area (Å²) < 4.78 is 6.83. The van der Waals surface area contributed by atoms with Crippen molar-refractivity contribution in [2.24, 2.45) is 0 Å². The third kappa shape index (κ3) is 5.45. The highest BCUT2D eigenvalue weighted by molar-refractivity contribution is 9.10. The van der Waals surface area contributed by atoms with Crippen molar-refractivity contribution in [2.45, 2.75) is 4.34 Å². The van der Waals surface area contributed by atoms with Crippen molar-refractivity contribution in [1.82, 2.24) is 10.2 Å². The summed E-state index contributed by atoms with van der Waals surface area (Å²) in [4.78, 5) is 12.0. The number of benzene rings is 2. The van der Waals surface area contributed by atoms with Crippen LogP contribution in [-0.2, 0) is 4.79 Å². The summed E-state index contributed by atoms with van der Waals surface area (Å²) in [6.45, 7) is 0. The summed E-state index contributed by atoms with van der Waals surface area (Å²) >= 11 is 6.12. The molecule has 2 aromatic carbocycles. The van der Waals surface area contributed by atoms with Crippen molar-refractivity contribution >= 4 is 61.4 Å². The molecule has 9 heteroatoms. The number of rotatable bonds is 7. The summed E-state index contributed by atoms with van der Waals surface area (Å²) in [6.07, 6.45) is 0. The van der Waals surface area contributed by atoms with E-state index in [1.165, 1.54) is 23.1 Å². The van der Waals surface area contributed by atoms with Gasteiger partial charge in [-0.1, -0.05) is 51.2 Å². The molecule has 0 fully saturated rings. The molecule has 0 bridgehead atoms. The summed E-state index contributed by atoms with van der Waals surface area (Å²) in [6, 6.07) is 15.0. The summed E-state index contributed by atoms with van der Waals surface area (Å²) in [7, 11) is 1.62. The molecule has 0 spiro atoms. The average molecular weight is 451 g/mol. The monoisotopic (exact) mass is 450 g/mol. The van der Waals surface area contributed by atoms with Crippen LogP contribution in [0.25, 0.3) is 0 Å². The Morgan fingerprint density at radius 3 is 2.81 bits per heavy atom. The molecule has 134 valence electrons. The number of methoxy groups -OCH3 is 1. The van der Waals surface area contributed by atoms with Gasteiger partial charge >= 0.3 is 0 Å². The minimum absolute atomic E-state index is 0.0920. The molecule has 3 aromatic rings. The number of nitrogens with zero attached hydrogens (tertiary/aromatic N) is 2. The van der Waals surface area contributed by atoms with E-state index in [-0.39, 0.29) is 11.7 Å². The fourth-order valence-electron chi connectivity index (χ4n) is 2.03. The number of anilines is 3. The molecule has 26 heavy (non-hydrogen) atoms. The molecule has 2 N–H and O–H groups in total. The molecule has 0 saturated carbocycles. The second-order valence-corrected chi connectivity index (χ2v) is 8.19. The van der Waals surface area contributed by atoms with Crippen LogP contribution in [0.5, 0.6) is 5.75 Å². The van der Waals surface area contributed by atoms with Crippen LogP contribution < -0.4 is 15.4 Å². The number of hydrogen-bond acceptors (Lipinski definition) is 7. The minimum Gasteiger partial charge on any atom is -0.497 e. The fourth-order valence-corrected chi connectivity index (χ4v) is 4.00. The summed E-state index contributed by atoms with van der Waals surface area (Å²) in [5.74, 6) is 0.935. The highest BCUT2D eigenvalue weighted by atomic mass is 79.9. The number of amides is 1. The zero-order chi connectivity index (χ0) is 18.4. The number of nitrogens with one attached hydrogen (secondary N) is 2. The zero-order valence-corrected chi connectivity index (χ0v) is 17.0. The van der Waals surface area contributed by atoms with Gasteiger partial charge in [0.15, 0.2) is 4.34 Å². The molecule has 0 aliphatic carbocycles. The lowest BCUT2D eigenvalue weighted by Gasteiger charge is -2.04. The smallest absolute Gasteiger partial charge is 0.234 e. The van der Waals surface area contributed by atoms with Gasteiger partial charge in [-0.15, -0.1) is 10.2 Å². The van der Waals surface area contributed by atoms with Crippen molar-refractivity contribution in [3.63, 3.8) is 0 Å². The Labute approximate surface area is 167 Å². The number of ether oxygens (including phenoxy) is 1. The predicted molar refractivity (Wildman–Crippen MR) is 110 cm³/mol. The van der Waals surface area contributed by atoms with Gasteiger partial charge in [0.25, 0.3) is 0 Å². The van der Waals surface area contributed by atoms with Gasteiger partial charge in [-0.25, -0.2) is 0 Å². The number of carbonyl (C=O) groups excluding carboxylic acids is 1. The van der Waals surface area contributed by atoms with Gasteiger partial charge in [0.1, 0.15) is 5.75 Å². The largest absolute Gasteiger partial charge is 0.497 e. The first-order valence-electron chi connectivity index (χ1n) is 7.55.